The molecule has 86 valence electrons. The van der Waals surface area contributed by atoms with Crippen LogP contribution in [0, 0.1) is 5.92 Å². The Morgan fingerprint density at radius 2 is 2.13 bits per heavy atom. The molecule has 1 aliphatic heterocycles. The molecule has 0 bridgehead atoms. The molecule has 0 aromatic rings. The molecular formula is C13H24N2. The molecule has 1 unspecified atom stereocenters. The summed E-state index contributed by atoms with van der Waals surface area (Å²) in [6.45, 7) is 12.9. The molecule has 0 saturated heterocycles. The van der Waals surface area contributed by atoms with E-state index in [1.54, 1.807) is 0 Å². The quantitative estimate of drug-likeness (QED) is 0.690. The van der Waals surface area contributed by atoms with Crippen molar-refractivity contribution in [1.29, 1.82) is 0 Å². The molecule has 0 aliphatic carbocycles. The molecule has 0 aromatic carbocycles. The van der Waals surface area contributed by atoms with Gasteiger partial charge in [0.1, 0.15) is 5.82 Å². The molecule has 0 radical (unpaired) electrons. The summed E-state index contributed by atoms with van der Waals surface area (Å²) < 4.78 is 0. The van der Waals surface area contributed by atoms with Crippen LogP contribution in [0.2, 0.25) is 0 Å². The molecule has 1 atom stereocenters. The molecule has 0 spiro atoms. The summed E-state index contributed by atoms with van der Waals surface area (Å²) in [5.74, 6) is 1.69. The average Bonchev–Trinajstić information content (AvgIpc) is 2.43. The Bertz CT molecular complexity index is 239. The zero-order valence-corrected chi connectivity index (χ0v) is 10.5. The van der Waals surface area contributed by atoms with Gasteiger partial charge < -0.3 is 5.32 Å². The third-order valence-corrected chi connectivity index (χ3v) is 2.33. The maximum atomic E-state index is 4.01. The molecule has 2 heteroatoms. The fourth-order valence-electron chi connectivity index (χ4n) is 1.63. The van der Waals surface area contributed by atoms with Gasteiger partial charge in [-0.15, -0.1) is 0 Å². The lowest BCUT2D eigenvalue weighted by Gasteiger charge is -2.06. The summed E-state index contributed by atoms with van der Waals surface area (Å²) in [5, 5.41) is 3.30. The van der Waals surface area contributed by atoms with Crippen LogP contribution in [0.25, 0.3) is 0 Å². The summed E-state index contributed by atoms with van der Waals surface area (Å²) in [5.41, 5.74) is 1.28. The number of allylic oxidation sites excluding steroid dienone is 3. The van der Waals surface area contributed by atoms with Gasteiger partial charge in [-0.2, -0.15) is 0 Å². The number of rotatable bonds is 2. The number of hydrogen-bond donors (Lipinski definition) is 1. The molecule has 15 heavy (non-hydrogen) atoms. The van der Waals surface area contributed by atoms with Gasteiger partial charge in [0.25, 0.3) is 0 Å². The second-order valence-electron chi connectivity index (χ2n) is 3.56. The minimum atomic E-state index is 0.734. The van der Waals surface area contributed by atoms with E-state index in [4.69, 9.17) is 0 Å². The Morgan fingerprint density at radius 3 is 2.67 bits per heavy atom. The topological polar surface area (TPSA) is 24.4 Å². The number of nitrogens with one attached hydrogen (secondary N) is 1. The molecule has 1 rings (SSSR count). The maximum Gasteiger partial charge on any atom is 0.128 e. The molecule has 1 heterocycles. The number of aliphatic imine (C=N–C) groups is 1. The molecule has 1 N–H and O–H groups in total. The van der Waals surface area contributed by atoms with E-state index in [9.17, 15) is 0 Å². The Kier molecular flexibility index (Phi) is 7.69. The zero-order valence-electron chi connectivity index (χ0n) is 10.5. The Hall–Kier alpha value is -1.05. The first kappa shape index (κ1) is 13.9. The van der Waals surface area contributed by atoms with Crippen LogP contribution >= 0.6 is 0 Å². The van der Waals surface area contributed by atoms with E-state index < -0.39 is 0 Å². The normalized spacial score (nSPS) is 21.5. The van der Waals surface area contributed by atoms with Crippen molar-refractivity contribution in [1.82, 2.24) is 5.32 Å². The van der Waals surface area contributed by atoms with E-state index in [0.29, 0.717) is 0 Å². The third kappa shape index (κ3) is 4.82. The van der Waals surface area contributed by atoms with Crippen LogP contribution in [0.5, 0.6) is 0 Å². The SMILES string of the molecule is C=NC1=C(/C=C\C)CC(C)CCN1.CC. The molecule has 0 saturated carbocycles. The van der Waals surface area contributed by atoms with Gasteiger partial charge in [0, 0.05) is 6.54 Å². The minimum absolute atomic E-state index is 0.734. The predicted molar refractivity (Wildman–Crippen MR) is 69.1 cm³/mol. The first-order chi connectivity index (χ1) is 7.27. The smallest absolute Gasteiger partial charge is 0.128 e. The standard InChI is InChI=1S/C11H18N2.C2H6/c1-4-5-10-8-9(2)6-7-13-11(10)12-3;1-2/h4-5,9,13H,3,6-8H2,1-2H3;1-2H3/b5-4-;. The second-order valence-corrected chi connectivity index (χ2v) is 3.56. The fraction of sp³-hybridized carbons (Fsp3) is 0.615. The lowest BCUT2D eigenvalue weighted by atomic mass is 9.99. The van der Waals surface area contributed by atoms with E-state index in [0.717, 1.165) is 24.7 Å². The van der Waals surface area contributed by atoms with Crippen molar-refractivity contribution in [3.05, 3.63) is 23.5 Å². The van der Waals surface area contributed by atoms with Crippen molar-refractivity contribution in [3.63, 3.8) is 0 Å². The van der Waals surface area contributed by atoms with E-state index >= 15 is 0 Å². The minimum Gasteiger partial charge on any atom is -0.370 e. The summed E-state index contributed by atoms with van der Waals surface area (Å²) >= 11 is 0. The maximum absolute atomic E-state index is 4.01. The van der Waals surface area contributed by atoms with Crippen LogP contribution < -0.4 is 5.32 Å². The van der Waals surface area contributed by atoms with E-state index in [2.05, 4.69) is 36.1 Å². The third-order valence-electron chi connectivity index (χ3n) is 2.33. The van der Waals surface area contributed by atoms with Crippen molar-refractivity contribution in [2.24, 2.45) is 10.9 Å². The first-order valence-electron chi connectivity index (χ1n) is 5.84. The lowest BCUT2D eigenvalue weighted by Crippen LogP contribution is -2.13. The van der Waals surface area contributed by atoms with E-state index in [1.165, 1.54) is 12.0 Å². The summed E-state index contributed by atoms with van der Waals surface area (Å²) in [7, 11) is 0. The van der Waals surface area contributed by atoms with Gasteiger partial charge in [0.05, 0.1) is 0 Å². The Morgan fingerprint density at radius 1 is 1.47 bits per heavy atom. The van der Waals surface area contributed by atoms with Crippen LogP contribution in [0.3, 0.4) is 0 Å². The van der Waals surface area contributed by atoms with Crippen LogP contribution in [0.4, 0.5) is 0 Å². The lowest BCUT2D eigenvalue weighted by molar-refractivity contribution is 0.538. The summed E-state index contributed by atoms with van der Waals surface area (Å²) in [6.07, 6.45) is 6.49. The fourth-order valence-corrected chi connectivity index (χ4v) is 1.63. The van der Waals surface area contributed by atoms with Gasteiger partial charge in [0.15, 0.2) is 0 Å². The monoisotopic (exact) mass is 208 g/mol. The Balaban J connectivity index is 0.000000921. The summed E-state index contributed by atoms with van der Waals surface area (Å²) in [4.78, 5) is 4.01. The van der Waals surface area contributed by atoms with Crippen molar-refractivity contribution >= 4 is 6.72 Å². The predicted octanol–water partition coefficient (Wildman–Crippen LogP) is 3.52. The molecular weight excluding hydrogens is 184 g/mol. The van der Waals surface area contributed by atoms with E-state index in [1.807, 2.05) is 20.8 Å². The molecule has 2 nitrogen and oxygen atoms in total. The van der Waals surface area contributed by atoms with Crippen LogP contribution in [-0.4, -0.2) is 13.3 Å². The van der Waals surface area contributed by atoms with E-state index in [-0.39, 0.29) is 0 Å². The van der Waals surface area contributed by atoms with Gasteiger partial charge in [-0.05, 0) is 38.0 Å². The van der Waals surface area contributed by atoms with Crippen LogP contribution in [0.15, 0.2) is 28.5 Å². The van der Waals surface area contributed by atoms with Gasteiger partial charge in [-0.1, -0.05) is 32.9 Å². The van der Waals surface area contributed by atoms with Crippen molar-refractivity contribution in [2.75, 3.05) is 6.54 Å². The van der Waals surface area contributed by atoms with Crippen molar-refractivity contribution in [2.45, 2.75) is 40.5 Å². The highest BCUT2D eigenvalue weighted by Gasteiger charge is 2.12. The average molecular weight is 208 g/mol. The van der Waals surface area contributed by atoms with Gasteiger partial charge in [-0.25, -0.2) is 4.99 Å². The van der Waals surface area contributed by atoms with Gasteiger partial charge in [0.2, 0.25) is 0 Å². The zero-order chi connectivity index (χ0) is 11.7. The molecule has 0 fully saturated rings. The second kappa shape index (κ2) is 8.27. The van der Waals surface area contributed by atoms with Crippen molar-refractivity contribution < 1.29 is 0 Å². The van der Waals surface area contributed by atoms with Crippen LogP contribution in [0.1, 0.15) is 40.5 Å². The van der Waals surface area contributed by atoms with Gasteiger partial charge in [-0.3, -0.25) is 0 Å². The number of nitrogens with zero attached hydrogens (tertiary/aromatic N) is 1. The van der Waals surface area contributed by atoms with Crippen molar-refractivity contribution in [3.8, 4) is 0 Å². The van der Waals surface area contributed by atoms with Crippen LogP contribution in [-0.2, 0) is 0 Å². The molecule has 1 aliphatic rings. The highest BCUT2D eigenvalue weighted by Crippen LogP contribution is 2.21. The van der Waals surface area contributed by atoms with Gasteiger partial charge >= 0.3 is 0 Å². The molecule has 0 amide bonds. The number of hydrogen-bond acceptors (Lipinski definition) is 2. The first-order valence-corrected chi connectivity index (χ1v) is 5.84. The molecule has 0 aromatic heterocycles. The summed E-state index contributed by atoms with van der Waals surface area (Å²) in [6, 6.07) is 0. The highest BCUT2D eigenvalue weighted by atomic mass is 15.0. The highest BCUT2D eigenvalue weighted by molar-refractivity contribution is 5.34. The Labute approximate surface area is 94.2 Å². The largest absolute Gasteiger partial charge is 0.370 e.